The predicted octanol–water partition coefficient (Wildman–Crippen LogP) is 3.06. The van der Waals surface area contributed by atoms with Crippen LogP contribution in [0.15, 0.2) is 54.6 Å². The van der Waals surface area contributed by atoms with Gasteiger partial charge in [-0.1, -0.05) is 35.5 Å². The number of hydrogen-bond donors (Lipinski definition) is 1. The van der Waals surface area contributed by atoms with Gasteiger partial charge in [0.1, 0.15) is 0 Å². The summed E-state index contributed by atoms with van der Waals surface area (Å²) in [5.74, 6) is -0.745. The van der Waals surface area contributed by atoms with Crippen molar-refractivity contribution in [3.63, 3.8) is 0 Å². The van der Waals surface area contributed by atoms with Gasteiger partial charge in [-0.2, -0.15) is 0 Å². The second-order valence-corrected chi connectivity index (χ2v) is 5.92. The van der Waals surface area contributed by atoms with Crippen LogP contribution in [0, 0.1) is 6.92 Å². The van der Waals surface area contributed by atoms with E-state index in [1.165, 1.54) is 0 Å². The van der Waals surface area contributed by atoms with Crippen LogP contribution in [0.5, 0.6) is 0 Å². The number of nitrogens with one attached hydrogen (secondary N) is 1. The predicted molar refractivity (Wildman–Crippen MR) is 101 cm³/mol. The Hall–Kier alpha value is -3.48. The summed E-state index contributed by atoms with van der Waals surface area (Å²) in [6.07, 6.45) is 0. The fraction of sp³-hybridized carbons (Fsp3) is 0.200. The van der Waals surface area contributed by atoms with Gasteiger partial charge in [0.2, 0.25) is 0 Å². The van der Waals surface area contributed by atoms with Gasteiger partial charge in [0, 0.05) is 5.69 Å². The zero-order valence-electron chi connectivity index (χ0n) is 15.2. The number of amides is 1. The lowest BCUT2D eigenvalue weighted by atomic mass is 10.2. The minimum atomic E-state index is -0.393. The van der Waals surface area contributed by atoms with E-state index in [2.05, 4.69) is 15.6 Å². The van der Waals surface area contributed by atoms with Crippen molar-refractivity contribution in [1.29, 1.82) is 0 Å². The molecular weight excluding hydrogens is 344 g/mol. The Morgan fingerprint density at radius 1 is 1.07 bits per heavy atom. The molecule has 7 heteroatoms. The van der Waals surface area contributed by atoms with Crippen LogP contribution in [0.2, 0.25) is 0 Å². The fourth-order valence-electron chi connectivity index (χ4n) is 2.57. The third kappa shape index (κ3) is 4.38. The lowest BCUT2D eigenvalue weighted by molar-refractivity contribution is 0.0526. The van der Waals surface area contributed by atoms with Crippen molar-refractivity contribution < 1.29 is 14.3 Å². The molecule has 0 spiro atoms. The maximum absolute atomic E-state index is 12.5. The van der Waals surface area contributed by atoms with Gasteiger partial charge in [0.05, 0.1) is 24.4 Å². The molecule has 1 heterocycles. The molecule has 0 saturated carbocycles. The summed E-state index contributed by atoms with van der Waals surface area (Å²) < 4.78 is 6.63. The maximum atomic E-state index is 12.5. The smallest absolute Gasteiger partial charge is 0.338 e. The Morgan fingerprint density at radius 3 is 2.44 bits per heavy atom. The quantitative estimate of drug-likeness (QED) is 0.680. The van der Waals surface area contributed by atoms with Gasteiger partial charge in [-0.15, -0.1) is 5.10 Å². The molecule has 1 aromatic heterocycles. The van der Waals surface area contributed by atoms with E-state index >= 15 is 0 Å². The van der Waals surface area contributed by atoms with Crippen LogP contribution in [0.4, 0.5) is 5.69 Å². The van der Waals surface area contributed by atoms with Gasteiger partial charge >= 0.3 is 5.97 Å². The van der Waals surface area contributed by atoms with Gasteiger partial charge in [0.15, 0.2) is 5.69 Å². The van der Waals surface area contributed by atoms with E-state index < -0.39 is 5.97 Å². The second-order valence-electron chi connectivity index (χ2n) is 5.92. The van der Waals surface area contributed by atoms with Crippen molar-refractivity contribution in [3.05, 3.63) is 77.1 Å². The summed E-state index contributed by atoms with van der Waals surface area (Å²) >= 11 is 0. The highest BCUT2D eigenvalue weighted by Crippen LogP contribution is 2.14. The van der Waals surface area contributed by atoms with Crippen molar-refractivity contribution in [2.45, 2.75) is 20.4 Å². The third-order valence-electron chi connectivity index (χ3n) is 4.03. The summed E-state index contributed by atoms with van der Waals surface area (Å²) in [6, 6.07) is 16.3. The molecule has 138 valence electrons. The number of ether oxygens (including phenoxy) is 1. The number of esters is 1. The molecule has 1 N–H and O–H groups in total. The van der Waals surface area contributed by atoms with Gasteiger partial charge in [0.25, 0.3) is 5.91 Å². The minimum Gasteiger partial charge on any atom is -0.462 e. The minimum absolute atomic E-state index is 0.264. The van der Waals surface area contributed by atoms with Crippen LogP contribution in [-0.4, -0.2) is 33.5 Å². The molecular formula is C20H20N4O3. The lowest BCUT2D eigenvalue weighted by Crippen LogP contribution is -2.14. The highest BCUT2D eigenvalue weighted by molar-refractivity contribution is 6.03. The van der Waals surface area contributed by atoms with Crippen molar-refractivity contribution in [3.8, 4) is 0 Å². The molecule has 0 unspecified atom stereocenters. The van der Waals surface area contributed by atoms with Crippen molar-refractivity contribution in [2.75, 3.05) is 11.9 Å². The molecule has 7 nitrogen and oxygen atoms in total. The van der Waals surface area contributed by atoms with Crippen LogP contribution in [0.3, 0.4) is 0 Å². The number of benzene rings is 2. The Bertz CT molecular complexity index is 934. The topological polar surface area (TPSA) is 86.1 Å². The fourth-order valence-corrected chi connectivity index (χ4v) is 2.57. The van der Waals surface area contributed by atoms with Crippen molar-refractivity contribution >= 4 is 17.6 Å². The van der Waals surface area contributed by atoms with E-state index in [0.29, 0.717) is 30.1 Å². The van der Waals surface area contributed by atoms with E-state index in [4.69, 9.17) is 4.74 Å². The number of carbonyl (C=O) groups is 2. The molecule has 0 atom stereocenters. The molecule has 0 radical (unpaired) electrons. The van der Waals surface area contributed by atoms with Crippen LogP contribution < -0.4 is 5.32 Å². The molecule has 0 aliphatic rings. The Kier molecular flexibility index (Phi) is 5.61. The molecule has 3 rings (SSSR count). The molecule has 0 saturated heterocycles. The van der Waals surface area contributed by atoms with Crippen LogP contribution in [0.1, 0.15) is 39.0 Å². The number of rotatable bonds is 6. The zero-order valence-corrected chi connectivity index (χ0v) is 15.2. The summed E-state index contributed by atoms with van der Waals surface area (Å²) in [5.41, 5.74) is 3.01. The summed E-state index contributed by atoms with van der Waals surface area (Å²) in [7, 11) is 0. The van der Waals surface area contributed by atoms with Crippen molar-refractivity contribution in [1.82, 2.24) is 15.0 Å². The van der Waals surface area contributed by atoms with Gasteiger partial charge in [-0.3, -0.25) is 4.79 Å². The highest BCUT2D eigenvalue weighted by Gasteiger charge is 2.17. The second kappa shape index (κ2) is 8.27. The number of nitrogens with zero attached hydrogens (tertiary/aromatic N) is 3. The lowest BCUT2D eigenvalue weighted by Gasteiger charge is -2.06. The van der Waals surface area contributed by atoms with Crippen molar-refractivity contribution in [2.24, 2.45) is 0 Å². The van der Waals surface area contributed by atoms with Gasteiger partial charge < -0.3 is 10.1 Å². The van der Waals surface area contributed by atoms with E-state index in [0.717, 1.165) is 5.56 Å². The summed E-state index contributed by atoms with van der Waals surface area (Å²) in [6.45, 7) is 4.41. The van der Waals surface area contributed by atoms with Crippen LogP contribution in [-0.2, 0) is 11.3 Å². The first-order valence-corrected chi connectivity index (χ1v) is 8.61. The first-order chi connectivity index (χ1) is 13.1. The van der Waals surface area contributed by atoms with Gasteiger partial charge in [-0.05, 0) is 43.7 Å². The van der Waals surface area contributed by atoms with E-state index in [1.54, 1.807) is 35.9 Å². The monoisotopic (exact) mass is 364 g/mol. The Morgan fingerprint density at radius 2 is 1.78 bits per heavy atom. The normalized spacial score (nSPS) is 10.4. The zero-order chi connectivity index (χ0) is 19.2. The molecule has 1 amide bonds. The first-order valence-electron chi connectivity index (χ1n) is 8.61. The average Bonchev–Trinajstić information content (AvgIpc) is 3.04. The Balaban J connectivity index is 1.69. The average molecular weight is 364 g/mol. The molecule has 0 bridgehead atoms. The Labute approximate surface area is 157 Å². The molecule has 27 heavy (non-hydrogen) atoms. The van der Waals surface area contributed by atoms with Gasteiger partial charge in [-0.25, -0.2) is 9.48 Å². The van der Waals surface area contributed by atoms with Crippen LogP contribution >= 0.6 is 0 Å². The third-order valence-corrected chi connectivity index (χ3v) is 4.03. The summed E-state index contributed by atoms with van der Waals surface area (Å²) in [4.78, 5) is 24.2. The van der Waals surface area contributed by atoms with E-state index in [9.17, 15) is 9.59 Å². The summed E-state index contributed by atoms with van der Waals surface area (Å²) in [5, 5.41) is 10.8. The molecule has 0 aliphatic carbocycles. The first kappa shape index (κ1) is 18.3. The standard InChI is InChI=1S/C20H20N4O3/c1-3-27-20(26)16-9-11-17(12-10-16)21-19(25)18-14(2)24(23-22-18)13-15-7-5-4-6-8-15/h4-12H,3,13H2,1-2H3,(H,21,25). The van der Waals surface area contributed by atoms with Crippen LogP contribution in [0.25, 0.3) is 0 Å². The molecule has 0 aliphatic heterocycles. The number of hydrogen-bond acceptors (Lipinski definition) is 5. The molecule has 3 aromatic rings. The number of aromatic nitrogens is 3. The largest absolute Gasteiger partial charge is 0.462 e. The van der Waals surface area contributed by atoms with E-state index in [1.807, 2.05) is 37.3 Å². The SMILES string of the molecule is CCOC(=O)c1ccc(NC(=O)c2nnn(Cc3ccccc3)c2C)cc1. The van der Waals surface area contributed by atoms with E-state index in [-0.39, 0.29) is 11.6 Å². The maximum Gasteiger partial charge on any atom is 0.338 e. The molecule has 0 fully saturated rings. The highest BCUT2D eigenvalue weighted by atomic mass is 16.5. The molecule has 2 aromatic carbocycles. The number of carbonyl (C=O) groups excluding carboxylic acids is 2. The number of anilines is 1.